The molecule has 3 aromatic carbocycles. The standard InChI is InChI=1S/C41H46ClFN8O6S/c1-23(2)57-34-19-33(25(5)16-31(34)46-41-44-20-28(42)38(48-41)45-30-8-6-7-9-35(30)58(55,56)24(3)4)50-14-12-49(13-15-50)21-26-17-27-22-51(40(54)37(27)29(43)18-26)32-10-11-36(52)47-39(32)53/h6-9,16-20,23-24,32H,10-15,21-22H2,1-5H3,(H,47,52,53)(H2,44,45,46,48). The van der Waals surface area contributed by atoms with E-state index in [1.54, 1.807) is 38.1 Å². The number of carbonyl (C=O) groups excluding carboxylic acids is 3. The number of halogens is 2. The fourth-order valence-corrected chi connectivity index (χ4v) is 8.86. The highest BCUT2D eigenvalue weighted by atomic mass is 35.5. The predicted molar refractivity (Wildman–Crippen MR) is 219 cm³/mol. The van der Waals surface area contributed by atoms with Gasteiger partial charge < -0.3 is 25.2 Å². The largest absolute Gasteiger partial charge is 0.489 e. The van der Waals surface area contributed by atoms with Crippen LogP contribution < -0.4 is 25.6 Å². The molecule has 2 saturated heterocycles. The summed E-state index contributed by atoms with van der Waals surface area (Å²) in [7, 11) is -3.60. The Morgan fingerprint density at radius 3 is 2.45 bits per heavy atom. The maximum absolute atomic E-state index is 15.4. The molecule has 1 unspecified atom stereocenters. The first-order valence-electron chi connectivity index (χ1n) is 19.2. The number of fused-ring (bicyclic) bond motifs is 1. The minimum atomic E-state index is -3.60. The van der Waals surface area contributed by atoms with E-state index in [1.165, 1.54) is 17.2 Å². The molecule has 0 aliphatic carbocycles. The van der Waals surface area contributed by atoms with Gasteiger partial charge in [0.25, 0.3) is 5.91 Å². The molecule has 3 N–H and O–H groups in total. The molecule has 0 radical (unpaired) electrons. The number of ether oxygens (including phenoxy) is 1. The zero-order chi connectivity index (χ0) is 41.5. The van der Waals surface area contributed by atoms with Crippen LogP contribution in [0.2, 0.25) is 5.02 Å². The van der Waals surface area contributed by atoms with Crippen molar-refractivity contribution in [3.63, 3.8) is 0 Å². The van der Waals surface area contributed by atoms with E-state index >= 15 is 4.39 Å². The predicted octanol–water partition coefficient (Wildman–Crippen LogP) is 6.12. The first-order chi connectivity index (χ1) is 27.6. The number of benzene rings is 3. The molecular weight excluding hydrogens is 787 g/mol. The van der Waals surface area contributed by atoms with Crippen molar-refractivity contribution in [3.8, 4) is 5.75 Å². The van der Waals surface area contributed by atoms with Gasteiger partial charge in [0.15, 0.2) is 15.7 Å². The van der Waals surface area contributed by atoms with Gasteiger partial charge in [0.1, 0.15) is 22.6 Å². The first kappa shape index (κ1) is 40.9. The topological polar surface area (TPSA) is 166 Å². The molecule has 306 valence electrons. The van der Waals surface area contributed by atoms with Crippen molar-refractivity contribution < 1.29 is 31.9 Å². The van der Waals surface area contributed by atoms with Gasteiger partial charge in [-0.2, -0.15) is 4.98 Å². The average molecular weight is 833 g/mol. The number of nitrogens with zero attached hydrogens (tertiary/aromatic N) is 5. The van der Waals surface area contributed by atoms with Crippen LogP contribution in [0.15, 0.2) is 59.6 Å². The summed E-state index contributed by atoms with van der Waals surface area (Å²) >= 11 is 6.49. The summed E-state index contributed by atoms with van der Waals surface area (Å²) in [5.41, 5.74) is 4.25. The number of amides is 3. The van der Waals surface area contributed by atoms with Crippen molar-refractivity contribution in [2.75, 3.05) is 41.7 Å². The van der Waals surface area contributed by atoms with E-state index in [4.69, 9.17) is 16.3 Å². The monoisotopic (exact) mass is 832 g/mol. The summed E-state index contributed by atoms with van der Waals surface area (Å²) in [6.45, 7) is 12.6. The SMILES string of the molecule is Cc1cc(Nc2ncc(Cl)c(Nc3ccccc3S(=O)(=O)C(C)C)n2)c(OC(C)C)cc1N1CCN(Cc2cc(F)c3c(c2)CN(C2CCC(=O)NC2=O)C3=O)CC1. The highest BCUT2D eigenvalue weighted by molar-refractivity contribution is 7.92. The molecule has 17 heteroatoms. The van der Waals surface area contributed by atoms with Gasteiger partial charge in [-0.3, -0.25) is 24.6 Å². The highest BCUT2D eigenvalue weighted by Crippen LogP contribution is 2.37. The molecule has 7 rings (SSSR count). The number of hydrogen-bond donors (Lipinski definition) is 3. The molecule has 3 aliphatic heterocycles. The summed E-state index contributed by atoms with van der Waals surface area (Å²) in [5.74, 6) is -0.987. The third kappa shape index (κ3) is 8.45. The van der Waals surface area contributed by atoms with Crippen LogP contribution in [-0.4, -0.2) is 89.5 Å². The van der Waals surface area contributed by atoms with Gasteiger partial charge in [0.05, 0.1) is 39.4 Å². The fourth-order valence-electron chi connectivity index (χ4n) is 7.52. The zero-order valence-electron chi connectivity index (χ0n) is 32.9. The summed E-state index contributed by atoms with van der Waals surface area (Å²) in [6.07, 6.45) is 1.64. The summed E-state index contributed by atoms with van der Waals surface area (Å²) < 4.78 is 47.8. The molecule has 0 spiro atoms. The molecule has 3 aliphatic rings. The molecule has 0 bridgehead atoms. The minimum absolute atomic E-state index is 0.00802. The highest BCUT2D eigenvalue weighted by Gasteiger charge is 2.40. The number of para-hydroxylation sites is 1. The third-order valence-corrected chi connectivity index (χ3v) is 13.0. The Kier molecular flexibility index (Phi) is 11.6. The second kappa shape index (κ2) is 16.5. The van der Waals surface area contributed by atoms with Gasteiger partial charge in [-0.25, -0.2) is 17.8 Å². The maximum atomic E-state index is 15.4. The van der Waals surface area contributed by atoms with E-state index in [9.17, 15) is 22.8 Å². The lowest BCUT2D eigenvalue weighted by Crippen LogP contribution is -2.52. The molecule has 3 amide bonds. The van der Waals surface area contributed by atoms with Crippen molar-refractivity contribution in [2.45, 2.75) is 82.8 Å². The number of anilines is 5. The lowest BCUT2D eigenvalue weighted by atomic mass is 10.0. The number of rotatable bonds is 12. The van der Waals surface area contributed by atoms with Gasteiger partial charge >= 0.3 is 0 Å². The van der Waals surface area contributed by atoms with Crippen molar-refractivity contribution in [3.05, 3.63) is 87.8 Å². The second-order valence-corrected chi connectivity index (χ2v) is 18.2. The number of aryl methyl sites for hydroxylation is 1. The Bertz CT molecular complexity index is 2390. The Morgan fingerprint density at radius 1 is 1.00 bits per heavy atom. The van der Waals surface area contributed by atoms with E-state index in [0.29, 0.717) is 55.4 Å². The number of nitrogens with one attached hydrogen (secondary N) is 3. The lowest BCUT2D eigenvalue weighted by Gasteiger charge is -2.37. The number of imide groups is 1. The van der Waals surface area contributed by atoms with Crippen molar-refractivity contribution >= 4 is 68.0 Å². The number of piperazine rings is 1. The zero-order valence-corrected chi connectivity index (χ0v) is 34.5. The van der Waals surface area contributed by atoms with Crippen LogP contribution in [0.25, 0.3) is 0 Å². The first-order valence-corrected chi connectivity index (χ1v) is 21.2. The molecule has 14 nitrogen and oxygen atoms in total. The van der Waals surface area contributed by atoms with Crippen LogP contribution in [0.4, 0.5) is 33.2 Å². The molecule has 58 heavy (non-hydrogen) atoms. The summed E-state index contributed by atoms with van der Waals surface area (Å²) in [4.78, 5) is 52.2. The van der Waals surface area contributed by atoms with E-state index in [-0.39, 0.29) is 58.6 Å². The fraction of sp³-hybridized carbons (Fsp3) is 0.390. The number of piperidine rings is 1. The van der Waals surface area contributed by atoms with Crippen molar-refractivity contribution in [1.82, 2.24) is 25.1 Å². The quantitative estimate of drug-likeness (QED) is 0.140. The second-order valence-electron chi connectivity index (χ2n) is 15.3. The minimum Gasteiger partial charge on any atom is -0.489 e. The van der Waals surface area contributed by atoms with Crippen molar-refractivity contribution in [1.29, 1.82) is 0 Å². The van der Waals surface area contributed by atoms with E-state index in [2.05, 4.69) is 35.7 Å². The molecule has 2 fully saturated rings. The van der Waals surface area contributed by atoms with Crippen LogP contribution >= 0.6 is 11.6 Å². The Labute approximate surface area is 342 Å². The number of aromatic nitrogens is 2. The van der Waals surface area contributed by atoms with Crippen LogP contribution in [0.1, 0.15) is 67.6 Å². The van der Waals surface area contributed by atoms with Gasteiger partial charge in [-0.05, 0) is 82.0 Å². The van der Waals surface area contributed by atoms with E-state index < -0.39 is 38.8 Å². The van der Waals surface area contributed by atoms with Gasteiger partial charge in [0.2, 0.25) is 17.8 Å². The van der Waals surface area contributed by atoms with Crippen molar-refractivity contribution in [2.24, 2.45) is 0 Å². The van der Waals surface area contributed by atoms with Crippen LogP contribution in [0.5, 0.6) is 5.75 Å². The van der Waals surface area contributed by atoms with Crippen LogP contribution in [0.3, 0.4) is 0 Å². The van der Waals surface area contributed by atoms with Gasteiger partial charge in [-0.15, -0.1) is 0 Å². The van der Waals surface area contributed by atoms with Crippen LogP contribution in [-0.2, 0) is 32.5 Å². The molecular formula is C41H46ClFN8O6S. The number of carbonyl (C=O) groups is 3. The Hall–Kier alpha value is -5.32. The molecule has 1 atom stereocenters. The summed E-state index contributed by atoms with van der Waals surface area (Å²) in [6, 6.07) is 13.0. The van der Waals surface area contributed by atoms with Crippen LogP contribution in [0, 0.1) is 12.7 Å². The summed E-state index contributed by atoms with van der Waals surface area (Å²) in [5, 5.41) is 8.23. The van der Waals surface area contributed by atoms with Gasteiger partial charge in [-0.1, -0.05) is 29.8 Å². The molecule has 4 aromatic rings. The number of sulfone groups is 1. The van der Waals surface area contributed by atoms with E-state index in [0.717, 1.165) is 16.8 Å². The maximum Gasteiger partial charge on any atom is 0.258 e. The van der Waals surface area contributed by atoms with E-state index in [1.807, 2.05) is 39.0 Å². The molecule has 0 saturated carbocycles. The normalized spacial score (nSPS) is 17.5. The Balaban J connectivity index is 1.03. The Morgan fingerprint density at radius 2 is 1.74 bits per heavy atom. The lowest BCUT2D eigenvalue weighted by molar-refractivity contribution is -0.136. The third-order valence-electron chi connectivity index (χ3n) is 10.5. The smallest absolute Gasteiger partial charge is 0.258 e. The average Bonchev–Trinajstić information content (AvgIpc) is 3.50. The molecule has 4 heterocycles. The number of hydrogen-bond acceptors (Lipinski definition) is 12. The molecule has 1 aromatic heterocycles. The van der Waals surface area contributed by atoms with Gasteiger partial charge in [0, 0.05) is 57.4 Å².